The first kappa shape index (κ1) is 17.6. The number of allylic oxidation sites excluding steroid dienone is 1. The van der Waals surface area contributed by atoms with Gasteiger partial charge in [-0.1, -0.05) is 51.7 Å². The molecule has 0 N–H and O–H groups in total. The molecule has 0 spiro atoms. The Morgan fingerprint density at radius 2 is 1.58 bits per heavy atom. The van der Waals surface area contributed by atoms with E-state index in [1.165, 1.54) is 39.0 Å². The number of carbonyl (C=O) groups excluding carboxylic acids is 2. The highest BCUT2D eigenvalue weighted by molar-refractivity contribution is 6.00. The number of ether oxygens (including phenoxy) is 1. The van der Waals surface area contributed by atoms with Gasteiger partial charge in [0, 0.05) is 11.1 Å². The average molecular weight is 266 g/mol. The number of esters is 2. The molecule has 108 valence electrons. The van der Waals surface area contributed by atoms with Gasteiger partial charge >= 0.3 is 11.9 Å². The van der Waals surface area contributed by atoms with Crippen LogP contribution in [0.1, 0.15) is 65.7 Å². The van der Waals surface area contributed by atoms with Gasteiger partial charge in [0.1, 0.15) is 0 Å². The molecule has 0 heterocycles. The van der Waals surface area contributed by atoms with Crippen molar-refractivity contribution in [1.29, 1.82) is 0 Å². The van der Waals surface area contributed by atoms with Crippen molar-refractivity contribution in [1.82, 2.24) is 0 Å². The molecule has 0 atom stereocenters. The summed E-state index contributed by atoms with van der Waals surface area (Å²) in [5.41, 5.74) is 0.722. The minimum Gasteiger partial charge on any atom is -0.386 e. The summed E-state index contributed by atoms with van der Waals surface area (Å²) in [4.78, 5) is 22.7. The zero-order chi connectivity index (χ0) is 14.7. The van der Waals surface area contributed by atoms with E-state index in [-0.39, 0.29) is 5.57 Å². The highest BCUT2D eigenvalue weighted by Crippen LogP contribution is 2.09. The first-order valence-corrected chi connectivity index (χ1v) is 7.07. The van der Waals surface area contributed by atoms with E-state index in [1.54, 1.807) is 6.92 Å². The predicted molar refractivity (Wildman–Crippen MR) is 77.7 cm³/mol. The molecule has 19 heavy (non-hydrogen) atoms. The molecular weight excluding hydrogens is 240 g/mol. The van der Waals surface area contributed by atoms with Gasteiger partial charge in [-0.2, -0.15) is 0 Å². The molecule has 0 aliphatic rings. The first-order chi connectivity index (χ1) is 8.99. The summed E-state index contributed by atoms with van der Waals surface area (Å²) in [6.07, 6.45) is 10.0. The quantitative estimate of drug-likeness (QED) is 0.270. The smallest absolute Gasteiger partial charge is 0.341 e. The molecule has 0 amide bonds. The molecule has 0 aromatic heterocycles. The summed E-state index contributed by atoms with van der Waals surface area (Å²) < 4.78 is 4.64. The fourth-order valence-electron chi connectivity index (χ4n) is 1.58. The van der Waals surface area contributed by atoms with Gasteiger partial charge in [-0.3, -0.25) is 0 Å². The fraction of sp³-hybridized carbons (Fsp3) is 0.625. The van der Waals surface area contributed by atoms with Crippen molar-refractivity contribution >= 4 is 11.9 Å². The highest BCUT2D eigenvalue weighted by atomic mass is 16.6. The van der Waals surface area contributed by atoms with E-state index < -0.39 is 11.9 Å². The third-order valence-corrected chi connectivity index (χ3v) is 2.86. The standard InChI is InChI=1S/C16H26O3/c1-5-6-7-8-9-10-11-12-14(4)16(18)19-15(17)13(2)3/h12H,2,5-11H2,1,3-4H3. The van der Waals surface area contributed by atoms with Crippen molar-refractivity contribution in [3.05, 3.63) is 23.8 Å². The zero-order valence-corrected chi connectivity index (χ0v) is 12.5. The number of hydrogen-bond acceptors (Lipinski definition) is 3. The van der Waals surface area contributed by atoms with Crippen LogP contribution >= 0.6 is 0 Å². The van der Waals surface area contributed by atoms with E-state index in [2.05, 4.69) is 18.2 Å². The topological polar surface area (TPSA) is 43.4 Å². The molecule has 0 aliphatic carbocycles. The summed E-state index contributed by atoms with van der Waals surface area (Å²) in [6, 6.07) is 0. The number of rotatable bonds is 9. The third kappa shape index (κ3) is 9.23. The Labute approximate surface area is 116 Å². The van der Waals surface area contributed by atoms with Gasteiger partial charge in [0.05, 0.1) is 0 Å². The van der Waals surface area contributed by atoms with Gasteiger partial charge in [-0.05, 0) is 26.7 Å². The lowest BCUT2D eigenvalue weighted by atomic mass is 10.1. The van der Waals surface area contributed by atoms with Crippen molar-refractivity contribution in [3.63, 3.8) is 0 Å². The SMILES string of the molecule is C=C(C)C(=O)OC(=O)C(C)=CCCCCCCCC. The second-order valence-corrected chi connectivity index (χ2v) is 4.90. The maximum atomic E-state index is 11.5. The largest absolute Gasteiger partial charge is 0.386 e. The highest BCUT2D eigenvalue weighted by Gasteiger charge is 2.12. The lowest BCUT2D eigenvalue weighted by Crippen LogP contribution is -2.13. The number of hydrogen-bond donors (Lipinski definition) is 0. The van der Waals surface area contributed by atoms with Crippen LogP contribution in [0.5, 0.6) is 0 Å². The molecule has 0 fully saturated rings. The van der Waals surface area contributed by atoms with Crippen molar-refractivity contribution in [3.8, 4) is 0 Å². The lowest BCUT2D eigenvalue weighted by molar-refractivity contribution is -0.153. The second-order valence-electron chi connectivity index (χ2n) is 4.90. The average Bonchev–Trinajstić information content (AvgIpc) is 2.37. The van der Waals surface area contributed by atoms with E-state index in [9.17, 15) is 9.59 Å². The van der Waals surface area contributed by atoms with Crippen molar-refractivity contribution in [2.24, 2.45) is 0 Å². The molecule has 0 aromatic carbocycles. The summed E-state index contributed by atoms with van der Waals surface area (Å²) >= 11 is 0. The molecule has 0 unspecified atom stereocenters. The van der Waals surface area contributed by atoms with Gasteiger partial charge in [0.2, 0.25) is 0 Å². The second kappa shape index (κ2) is 10.5. The van der Waals surface area contributed by atoms with E-state index in [1.807, 2.05) is 6.08 Å². The minimum atomic E-state index is -0.655. The molecule has 3 nitrogen and oxygen atoms in total. The summed E-state index contributed by atoms with van der Waals surface area (Å²) in [7, 11) is 0. The summed E-state index contributed by atoms with van der Waals surface area (Å²) in [5, 5.41) is 0. The van der Waals surface area contributed by atoms with Gasteiger partial charge in [0.25, 0.3) is 0 Å². The normalized spacial score (nSPS) is 11.2. The van der Waals surface area contributed by atoms with E-state index >= 15 is 0 Å². The van der Waals surface area contributed by atoms with Gasteiger partial charge in [0.15, 0.2) is 0 Å². The third-order valence-electron chi connectivity index (χ3n) is 2.86. The number of unbranched alkanes of at least 4 members (excludes halogenated alkanes) is 6. The molecule has 0 saturated carbocycles. The molecule has 0 rings (SSSR count). The van der Waals surface area contributed by atoms with Crippen LogP contribution in [0.2, 0.25) is 0 Å². The molecule has 0 aromatic rings. The molecule has 0 radical (unpaired) electrons. The lowest BCUT2D eigenvalue weighted by Gasteiger charge is -2.03. The molecule has 0 bridgehead atoms. The van der Waals surface area contributed by atoms with Crippen LogP contribution in [-0.4, -0.2) is 11.9 Å². The van der Waals surface area contributed by atoms with Gasteiger partial charge < -0.3 is 4.74 Å². The maximum absolute atomic E-state index is 11.5. The molecule has 3 heteroatoms. The molecule has 0 saturated heterocycles. The Balaban J connectivity index is 3.83. The summed E-state index contributed by atoms with van der Waals surface area (Å²) in [6.45, 7) is 8.82. The Morgan fingerprint density at radius 3 is 2.16 bits per heavy atom. The van der Waals surface area contributed by atoms with E-state index in [0.29, 0.717) is 5.57 Å². The summed E-state index contributed by atoms with van der Waals surface area (Å²) in [5.74, 6) is -1.23. The molecular formula is C16H26O3. The maximum Gasteiger partial charge on any atom is 0.341 e. The first-order valence-electron chi connectivity index (χ1n) is 7.07. The van der Waals surface area contributed by atoms with Crippen LogP contribution in [0.15, 0.2) is 23.8 Å². The van der Waals surface area contributed by atoms with E-state index in [4.69, 9.17) is 0 Å². The zero-order valence-electron chi connectivity index (χ0n) is 12.5. The minimum absolute atomic E-state index is 0.233. The Bertz CT molecular complexity index is 340. The van der Waals surface area contributed by atoms with Crippen LogP contribution in [0.25, 0.3) is 0 Å². The van der Waals surface area contributed by atoms with Crippen molar-refractivity contribution in [2.45, 2.75) is 65.7 Å². The van der Waals surface area contributed by atoms with Gasteiger partial charge in [-0.25, -0.2) is 9.59 Å². The Kier molecular flexibility index (Phi) is 9.77. The van der Waals surface area contributed by atoms with Crippen LogP contribution in [0.3, 0.4) is 0 Å². The number of carbonyl (C=O) groups is 2. The van der Waals surface area contributed by atoms with Crippen molar-refractivity contribution in [2.75, 3.05) is 0 Å². The van der Waals surface area contributed by atoms with Crippen LogP contribution in [-0.2, 0) is 14.3 Å². The Morgan fingerprint density at radius 1 is 1.00 bits per heavy atom. The van der Waals surface area contributed by atoms with Crippen LogP contribution < -0.4 is 0 Å². The Hall–Kier alpha value is -1.38. The fourth-order valence-corrected chi connectivity index (χ4v) is 1.58. The van der Waals surface area contributed by atoms with Crippen LogP contribution in [0.4, 0.5) is 0 Å². The monoisotopic (exact) mass is 266 g/mol. The van der Waals surface area contributed by atoms with Crippen molar-refractivity contribution < 1.29 is 14.3 Å². The van der Waals surface area contributed by atoms with E-state index in [0.717, 1.165) is 12.8 Å². The van der Waals surface area contributed by atoms with Crippen LogP contribution in [0, 0.1) is 0 Å². The predicted octanol–water partition coefficient (Wildman–Crippen LogP) is 4.33. The van der Waals surface area contributed by atoms with Gasteiger partial charge in [-0.15, -0.1) is 0 Å². The molecule has 0 aliphatic heterocycles.